The fourth-order valence-corrected chi connectivity index (χ4v) is 5.04. The molecule has 1 unspecified atom stereocenters. The zero-order valence-electron chi connectivity index (χ0n) is 19.2. The highest BCUT2D eigenvalue weighted by Gasteiger charge is 2.40. The maximum atomic E-state index is 10.6. The van der Waals surface area contributed by atoms with E-state index in [9.17, 15) is 26.3 Å². The van der Waals surface area contributed by atoms with Crippen LogP contribution in [0.25, 0.3) is 0 Å². The van der Waals surface area contributed by atoms with Gasteiger partial charge in [0, 0.05) is 31.6 Å². The van der Waals surface area contributed by atoms with Gasteiger partial charge in [0.15, 0.2) is 0 Å². The lowest BCUT2D eigenvalue weighted by atomic mass is 9.80. The number of alkyl halides is 6. The van der Waals surface area contributed by atoms with Gasteiger partial charge in [-0.2, -0.15) is 37.7 Å². The van der Waals surface area contributed by atoms with Crippen molar-refractivity contribution in [3.05, 3.63) is 27.9 Å². The average molecular weight is 579 g/mol. The highest BCUT2D eigenvalue weighted by Crippen LogP contribution is 2.35. The number of nitrogens with zero attached hydrogens (tertiary/aromatic N) is 4. The molecule has 2 aliphatic heterocycles. The zero-order chi connectivity index (χ0) is 27.7. The SMILES string of the molecule is O=C(O)C(F)(F)F.O=C(O)C(F)(F)F.c1cc(CN2CCCC3(COCCN(c4nncs4)C3)C2)cs1. The van der Waals surface area contributed by atoms with Crippen molar-refractivity contribution in [2.45, 2.75) is 31.7 Å². The van der Waals surface area contributed by atoms with Crippen molar-refractivity contribution >= 4 is 39.7 Å². The van der Waals surface area contributed by atoms with Gasteiger partial charge in [-0.1, -0.05) is 11.3 Å². The molecule has 0 radical (unpaired) electrons. The first-order chi connectivity index (χ1) is 17.2. The highest BCUT2D eigenvalue weighted by atomic mass is 32.1. The second-order valence-corrected chi connectivity index (χ2v) is 9.84. The number of hydrogen-bond donors (Lipinski definition) is 2. The normalized spacial score (nSPS) is 20.8. The number of anilines is 1. The Labute approximate surface area is 215 Å². The lowest BCUT2D eigenvalue weighted by molar-refractivity contribution is -0.193. The molecule has 2 aliphatic rings. The third-order valence-corrected chi connectivity index (χ3v) is 6.75. The van der Waals surface area contributed by atoms with Crippen molar-refractivity contribution in [3.8, 4) is 0 Å². The van der Waals surface area contributed by atoms with E-state index in [-0.39, 0.29) is 5.41 Å². The summed E-state index contributed by atoms with van der Waals surface area (Å²) in [7, 11) is 0. The number of carboxylic acids is 2. The third kappa shape index (κ3) is 10.4. The smallest absolute Gasteiger partial charge is 0.475 e. The fraction of sp³-hybridized carbons (Fsp3) is 0.600. The summed E-state index contributed by atoms with van der Waals surface area (Å²) < 4.78 is 69.5. The van der Waals surface area contributed by atoms with E-state index in [1.807, 2.05) is 5.51 Å². The molecule has 4 heterocycles. The largest absolute Gasteiger partial charge is 0.490 e. The van der Waals surface area contributed by atoms with E-state index < -0.39 is 24.3 Å². The number of aromatic nitrogens is 2. The molecule has 2 N–H and O–H groups in total. The number of hydrogen-bond acceptors (Lipinski definition) is 9. The van der Waals surface area contributed by atoms with Crippen molar-refractivity contribution in [3.63, 3.8) is 0 Å². The molecule has 1 spiro atoms. The maximum absolute atomic E-state index is 10.6. The summed E-state index contributed by atoms with van der Waals surface area (Å²) in [5.74, 6) is -5.51. The minimum Gasteiger partial charge on any atom is -0.475 e. The Morgan fingerprint density at radius 1 is 1.08 bits per heavy atom. The molecule has 4 rings (SSSR count). The number of rotatable bonds is 3. The van der Waals surface area contributed by atoms with Crippen LogP contribution >= 0.6 is 22.7 Å². The van der Waals surface area contributed by atoms with Crippen LogP contribution in [0, 0.1) is 5.41 Å². The molecule has 17 heteroatoms. The van der Waals surface area contributed by atoms with E-state index in [4.69, 9.17) is 24.5 Å². The summed E-state index contributed by atoms with van der Waals surface area (Å²) in [4.78, 5) is 22.8. The van der Waals surface area contributed by atoms with Gasteiger partial charge >= 0.3 is 24.3 Å². The van der Waals surface area contributed by atoms with Crippen LogP contribution in [0.4, 0.5) is 31.5 Å². The molecule has 2 fully saturated rings. The zero-order valence-corrected chi connectivity index (χ0v) is 20.8. The van der Waals surface area contributed by atoms with Crippen LogP contribution in [0.3, 0.4) is 0 Å². The number of ether oxygens (including phenoxy) is 1. The van der Waals surface area contributed by atoms with E-state index in [1.54, 1.807) is 22.7 Å². The minimum absolute atomic E-state index is 0.219. The van der Waals surface area contributed by atoms with Gasteiger partial charge in [0.05, 0.1) is 13.2 Å². The molecular formula is C20H24F6N4O5S2. The van der Waals surface area contributed by atoms with E-state index >= 15 is 0 Å². The average Bonchev–Trinajstić information content (AvgIpc) is 3.47. The van der Waals surface area contributed by atoms with Gasteiger partial charge in [-0.3, -0.25) is 4.90 Å². The van der Waals surface area contributed by atoms with Gasteiger partial charge in [0.2, 0.25) is 5.13 Å². The Morgan fingerprint density at radius 3 is 2.24 bits per heavy atom. The lowest BCUT2D eigenvalue weighted by Gasteiger charge is -2.43. The van der Waals surface area contributed by atoms with Crippen LogP contribution in [-0.4, -0.2) is 89.0 Å². The predicted molar refractivity (Wildman–Crippen MR) is 122 cm³/mol. The van der Waals surface area contributed by atoms with Gasteiger partial charge in [0.1, 0.15) is 5.51 Å². The molecule has 0 aliphatic carbocycles. The minimum atomic E-state index is -5.08. The molecular weight excluding hydrogens is 554 g/mol. The summed E-state index contributed by atoms with van der Waals surface area (Å²) in [5, 5.41) is 28.0. The van der Waals surface area contributed by atoms with Gasteiger partial charge in [-0.25, -0.2) is 9.59 Å². The Balaban J connectivity index is 0.000000286. The van der Waals surface area contributed by atoms with Crippen LogP contribution < -0.4 is 4.90 Å². The number of piperidine rings is 1. The molecule has 2 aromatic rings. The van der Waals surface area contributed by atoms with Gasteiger partial charge < -0.3 is 19.8 Å². The number of carboxylic acid groups (broad SMARTS) is 2. The lowest BCUT2D eigenvalue weighted by Crippen LogP contribution is -2.50. The third-order valence-electron chi connectivity index (χ3n) is 5.27. The maximum Gasteiger partial charge on any atom is 0.490 e. The number of aliphatic carboxylic acids is 2. The standard InChI is InChI=1S/C16H22N4OS2.2C2HF3O2/c1-3-16(10-19(4-1)8-14-2-7-22-9-14)11-20(5-6-21-12-16)15-18-17-13-23-15;2*3-2(4,5)1(6)7/h2,7,9,13H,1,3-6,8,10-12H2;2*(H,6,7). The Hall–Kier alpha value is -2.50. The van der Waals surface area contributed by atoms with Gasteiger partial charge in [0.25, 0.3) is 0 Å². The van der Waals surface area contributed by atoms with E-state index in [2.05, 4.69) is 36.8 Å². The summed E-state index contributed by atoms with van der Waals surface area (Å²) in [6.07, 6.45) is -7.68. The van der Waals surface area contributed by atoms with E-state index in [0.29, 0.717) is 0 Å². The van der Waals surface area contributed by atoms with Gasteiger partial charge in [-0.15, -0.1) is 10.2 Å². The molecule has 37 heavy (non-hydrogen) atoms. The van der Waals surface area contributed by atoms with Crippen LogP contribution in [0.1, 0.15) is 18.4 Å². The summed E-state index contributed by atoms with van der Waals surface area (Å²) in [6, 6.07) is 2.24. The number of thiophene rings is 1. The second-order valence-electron chi connectivity index (χ2n) is 8.25. The molecule has 9 nitrogen and oxygen atoms in total. The molecule has 0 saturated carbocycles. The first-order valence-corrected chi connectivity index (χ1v) is 12.5. The second kappa shape index (κ2) is 13.3. The van der Waals surface area contributed by atoms with Crippen LogP contribution in [0.5, 0.6) is 0 Å². The molecule has 2 aromatic heterocycles. The van der Waals surface area contributed by atoms with Crippen molar-refractivity contribution in [2.75, 3.05) is 44.3 Å². The fourth-order valence-electron chi connectivity index (χ4n) is 3.79. The van der Waals surface area contributed by atoms with Crippen molar-refractivity contribution in [1.29, 1.82) is 0 Å². The Bertz CT molecular complexity index is 951. The van der Waals surface area contributed by atoms with Crippen LogP contribution in [0.2, 0.25) is 0 Å². The highest BCUT2D eigenvalue weighted by molar-refractivity contribution is 7.13. The molecule has 0 aromatic carbocycles. The van der Waals surface area contributed by atoms with Gasteiger partial charge in [-0.05, 0) is 41.8 Å². The number of likely N-dealkylation sites (tertiary alicyclic amines) is 1. The molecule has 0 amide bonds. The monoisotopic (exact) mass is 578 g/mol. The van der Waals surface area contributed by atoms with Crippen molar-refractivity contribution in [1.82, 2.24) is 15.1 Å². The molecule has 208 valence electrons. The van der Waals surface area contributed by atoms with Crippen LogP contribution in [0.15, 0.2) is 22.3 Å². The van der Waals surface area contributed by atoms with Crippen molar-refractivity contribution in [2.24, 2.45) is 5.41 Å². The first-order valence-electron chi connectivity index (χ1n) is 10.6. The first kappa shape index (κ1) is 30.7. The van der Waals surface area contributed by atoms with Crippen LogP contribution in [-0.2, 0) is 20.9 Å². The summed E-state index contributed by atoms with van der Waals surface area (Å²) in [6.45, 7) is 6.96. The Kier molecular flexibility index (Phi) is 11.1. The molecule has 0 bridgehead atoms. The topological polar surface area (TPSA) is 116 Å². The van der Waals surface area contributed by atoms with Crippen molar-refractivity contribution < 1.29 is 50.9 Å². The molecule has 1 atom stereocenters. The summed E-state index contributed by atoms with van der Waals surface area (Å²) >= 11 is 3.41. The molecule has 2 saturated heterocycles. The number of halogens is 6. The Morgan fingerprint density at radius 2 is 1.73 bits per heavy atom. The predicted octanol–water partition coefficient (Wildman–Crippen LogP) is 3.99. The summed E-state index contributed by atoms with van der Waals surface area (Å²) in [5.41, 5.74) is 3.47. The van der Waals surface area contributed by atoms with E-state index in [0.717, 1.165) is 44.5 Å². The van der Waals surface area contributed by atoms with E-state index in [1.165, 1.54) is 24.9 Å². The number of carbonyl (C=O) groups is 2. The quantitative estimate of drug-likeness (QED) is 0.522.